The molecule has 3 aromatic rings. The molecule has 0 saturated heterocycles. The summed E-state index contributed by atoms with van der Waals surface area (Å²) in [5, 5.41) is 15.5. The number of tetrazole rings is 1. The molecule has 1 N–H and O–H groups in total. The predicted octanol–water partition coefficient (Wildman–Crippen LogP) is 4.38. The Morgan fingerprint density at radius 2 is 1.88 bits per heavy atom. The minimum absolute atomic E-state index is 0.0379. The summed E-state index contributed by atoms with van der Waals surface area (Å²) >= 11 is 11.6. The molecule has 6 nitrogen and oxygen atoms in total. The zero-order valence-corrected chi connectivity index (χ0v) is 15.2. The first-order valence-corrected chi connectivity index (χ1v) is 8.55. The van der Waals surface area contributed by atoms with Gasteiger partial charge in [-0.05, 0) is 54.1 Å². The maximum absolute atomic E-state index is 13.9. The van der Waals surface area contributed by atoms with E-state index in [9.17, 15) is 9.18 Å². The fraction of sp³-hybridized carbons (Fsp3) is 0.176. The van der Waals surface area contributed by atoms with Gasteiger partial charge < -0.3 is 5.32 Å². The molecule has 134 valence electrons. The summed E-state index contributed by atoms with van der Waals surface area (Å²) in [5.74, 6) is -0.700. The van der Waals surface area contributed by atoms with Gasteiger partial charge in [-0.2, -0.15) is 4.80 Å². The molecule has 0 spiro atoms. The molecule has 0 radical (unpaired) electrons. The van der Waals surface area contributed by atoms with Crippen LogP contribution in [-0.4, -0.2) is 26.1 Å². The van der Waals surface area contributed by atoms with Crippen molar-refractivity contribution in [3.8, 4) is 11.4 Å². The van der Waals surface area contributed by atoms with Crippen molar-refractivity contribution in [2.75, 3.05) is 5.32 Å². The quantitative estimate of drug-likeness (QED) is 0.697. The van der Waals surface area contributed by atoms with Gasteiger partial charge in [0, 0.05) is 15.6 Å². The lowest BCUT2D eigenvalue weighted by Gasteiger charge is -2.14. The summed E-state index contributed by atoms with van der Waals surface area (Å²) in [6.45, 7) is 1.80. The van der Waals surface area contributed by atoms with Crippen LogP contribution in [-0.2, 0) is 4.79 Å². The van der Waals surface area contributed by atoms with Crippen LogP contribution in [0, 0.1) is 5.82 Å². The van der Waals surface area contributed by atoms with Crippen LogP contribution in [0.2, 0.25) is 10.0 Å². The number of aromatic nitrogens is 4. The van der Waals surface area contributed by atoms with Crippen LogP contribution in [0.15, 0.2) is 42.5 Å². The van der Waals surface area contributed by atoms with E-state index in [0.29, 0.717) is 17.3 Å². The van der Waals surface area contributed by atoms with Gasteiger partial charge in [0.05, 0.1) is 5.69 Å². The van der Waals surface area contributed by atoms with Gasteiger partial charge in [0.1, 0.15) is 5.82 Å². The second-order valence-electron chi connectivity index (χ2n) is 5.48. The fourth-order valence-corrected chi connectivity index (χ4v) is 2.62. The molecule has 1 heterocycles. The zero-order chi connectivity index (χ0) is 18.7. The van der Waals surface area contributed by atoms with Gasteiger partial charge in [-0.15, -0.1) is 10.2 Å². The number of benzene rings is 2. The number of hydrogen-bond acceptors (Lipinski definition) is 4. The van der Waals surface area contributed by atoms with Gasteiger partial charge in [0.25, 0.3) is 5.91 Å². The molecule has 26 heavy (non-hydrogen) atoms. The predicted molar refractivity (Wildman–Crippen MR) is 97.6 cm³/mol. The standard InChI is InChI=1S/C17H14Cl2FN5O/c1-2-15(17(26)21-14-8-7-12(19)9-13(14)20)25-23-16(22-24-25)10-3-5-11(18)6-4-10/h3-9,15H,2H2,1H3,(H,21,26). The van der Waals surface area contributed by atoms with E-state index in [1.807, 2.05) is 0 Å². The Balaban J connectivity index is 1.80. The van der Waals surface area contributed by atoms with E-state index in [4.69, 9.17) is 23.2 Å². The van der Waals surface area contributed by atoms with E-state index in [1.165, 1.54) is 16.9 Å². The summed E-state index contributed by atoms with van der Waals surface area (Å²) in [4.78, 5) is 13.7. The Hall–Kier alpha value is -2.51. The third-order valence-electron chi connectivity index (χ3n) is 3.69. The topological polar surface area (TPSA) is 72.7 Å². The molecule has 0 fully saturated rings. The molecule has 2 aromatic carbocycles. The Labute approximate surface area is 158 Å². The number of carbonyl (C=O) groups excluding carboxylic acids is 1. The molecule has 0 bridgehead atoms. The highest BCUT2D eigenvalue weighted by Crippen LogP contribution is 2.22. The Kier molecular flexibility index (Phi) is 5.49. The van der Waals surface area contributed by atoms with Crippen molar-refractivity contribution < 1.29 is 9.18 Å². The average molecular weight is 394 g/mol. The number of nitrogens with zero attached hydrogens (tertiary/aromatic N) is 4. The van der Waals surface area contributed by atoms with Crippen LogP contribution in [0.1, 0.15) is 19.4 Å². The van der Waals surface area contributed by atoms with E-state index in [-0.39, 0.29) is 10.7 Å². The summed E-state index contributed by atoms with van der Waals surface area (Å²) in [6, 6.07) is 10.2. The van der Waals surface area contributed by atoms with E-state index in [1.54, 1.807) is 31.2 Å². The van der Waals surface area contributed by atoms with Crippen LogP contribution >= 0.6 is 23.2 Å². The van der Waals surface area contributed by atoms with Crippen molar-refractivity contribution >= 4 is 34.8 Å². The largest absolute Gasteiger partial charge is 0.322 e. The highest BCUT2D eigenvalue weighted by Gasteiger charge is 2.23. The van der Waals surface area contributed by atoms with Gasteiger partial charge in [0.15, 0.2) is 6.04 Å². The first-order chi connectivity index (χ1) is 12.5. The monoisotopic (exact) mass is 393 g/mol. The lowest BCUT2D eigenvalue weighted by atomic mass is 10.2. The second-order valence-corrected chi connectivity index (χ2v) is 6.35. The first kappa shape index (κ1) is 18.3. The molecule has 0 aliphatic rings. The Morgan fingerprint density at radius 1 is 1.19 bits per heavy atom. The van der Waals surface area contributed by atoms with Crippen molar-refractivity contribution in [3.63, 3.8) is 0 Å². The fourth-order valence-electron chi connectivity index (χ4n) is 2.33. The SMILES string of the molecule is CCC(C(=O)Nc1ccc(Cl)cc1F)n1nnc(-c2ccc(Cl)cc2)n1. The molecule has 1 aromatic heterocycles. The van der Waals surface area contributed by atoms with E-state index >= 15 is 0 Å². The van der Waals surface area contributed by atoms with E-state index in [2.05, 4.69) is 20.7 Å². The average Bonchev–Trinajstić information content (AvgIpc) is 3.08. The lowest BCUT2D eigenvalue weighted by Crippen LogP contribution is -2.27. The van der Waals surface area contributed by atoms with Crippen LogP contribution in [0.25, 0.3) is 11.4 Å². The third kappa shape index (κ3) is 4.00. The minimum atomic E-state index is -0.737. The van der Waals surface area contributed by atoms with Crippen molar-refractivity contribution in [3.05, 3.63) is 58.3 Å². The van der Waals surface area contributed by atoms with Crippen LogP contribution in [0.5, 0.6) is 0 Å². The zero-order valence-electron chi connectivity index (χ0n) is 13.7. The van der Waals surface area contributed by atoms with Crippen molar-refractivity contribution in [1.29, 1.82) is 0 Å². The summed E-state index contributed by atoms with van der Waals surface area (Å²) < 4.78 is 13.9. The first-order valence-electron chi connectivity index (χ1n) is 7.79. The van der Waals surface area contributed by atoms with Crippen molar-refractivity contribution in [1.82, 2.24) is 20.2 Å². The molecule has 3 rings (SSSR count). The summed E-state index contributed by atoms with van der Waals surface area (Å²) in [5.41, 5.74) is 0.760. The third-order valence-corrected chi connectivity index (χ3v) is 4.17. The van der Waals surface area contributed by atoms with Gasteiger partial charge >= 0.3 is 0 Å². The molecule has 1 amide bonds. The number of rotatable bonds is 5. The molecule has 0 saturated carbocycles. The molecule has 1 unspecified atom stereocenters. The number of hydrogen-bond donors (Lipinski definition) is 1. The van der Waals surface area contributed by atoms with Gasteiger partial charge in [-0.1, -0.05) is 30.1 Å². The minimum Gasteiger partial charge on any atom is -0.322 e. The van der Waals surface area contributed by atoms with Crippen LogP contribution in [0.4, 0.5) is 10.1 Å². The number of anilines is 1. The maximum Gasteiger partial charge on any atom is 0.251 e. The summed E-state index contributed by atoms with van der Waals surface area (Å²) in [7, 11) is 0. The van der Waals surface area contributed by atoms with Crippen molar-refractivity contribution in [2.45, 2.75) is 19.4 Å². The smallest absolute Gasteiger partial charge is 0.251 e. The molecule has 0 aliphatic heterocycles. The Morgan fingerprint density at radius 3 is 2.54 bits per heavy atom. The number of amides is 1. The summed E-state index contributed by atoms with van der Waals surface area (Å²) in [6.07, 6.45) is 0.400. The second kappa shape index (κ2) is 7.80. The maximum atomic E-state index is 13.9. The number of carbonyl (C=O) groups is 1. The Bertz CT molecular complexity index is 929. The number of halogens is 3. The van der Waals surface area contributed by atoms with Crippen molar-refractivity contribution in [2.24, 2.45) is 0 Å². The highest BCUT2D eigenvalue weighted by atomic mass is 35.5. The molecule has 9 heteroatoms. The lowest BCUT2D eigenvalue weighted by molar-refractivity contribution is -0.120. The highest BCUT2D eigenvalue weighted by molar-refractivity contribution is 6.30. The van der Waals surface area contributed by atoms with Crippen LogP contribution in [0.3, 0.4) is 0 Å². The molecule has 1 atom stereocenters. The van der Waals surface area contributed by atoms with E-state index < -0.39 is 17.8 Å². The normalized spacial score (nSPS) is 12.0. The molecular formula is C17H14Cl2FN5O. The van der Waals surface area contributed by atoms with Crippen LogP contribution < -0.4 is 5.32 Å². The van der Waals surface area contributed by atoms with Gasteiger partial charge in [0.2, 0.25) is 5.82 Å². The number of nitrogens with one attached hydrogen (secondary N) is 1. The molecular weight excluding hydrogens is 380 g/mol. The van der Waals surface area contributed by atoms with Gasteiger partial charge in [-0.3, -0.25) is 4.79 Å². The molecule has 0 aliphatic carbocycles. The van der Waals surface area contributed by atoms with E-state index in [0.717, 1.165) is 11.6 Å². The van der Waals surface area contributed by atoms with Gasteiger partial charge in [-0.25, -0.2) is 4.39 Å².